The molecule has 1 heterocycles. The molecule has 2 nitrogen and oxygen atoms in total. The molecule has 0 fully saturated rings. The van der Waals surface area contributed by atoms with Gasteiger partial charge in [-0.2, -0.15) is 0 Å². The van der Waals surface area contributed by atoms with Crippen molar-refractivity contribution in [2.45, 2.75) is 0 Å². The summed E-state index contributed by atoms with van der Waals surface area (Å²) >= 11 is 0. The molecule has 2 aromatic rings. The van der Waals surface area contributed by atoms with Gasteiger partial charge in [0.05, 0.1) is 7.05 Å². The summed E-state index contributed by atoms with van der Waals surface area (Å²) in [5.41, 5.74) is 2.05. The second-order valence-electron chi connectivity index (χ2n) is 2.39. The zero-order chi connectivity index (χ0) is 7.68. The maximum atomic E-state index is 5.31. The lowest BCUT2D eigenvalue weighted by Gasteiger charge is -1.99. The van der Waals surface area contributed by atoms with E-state index in [1.54, 1.807) is 0 Å². The quantitative estimate of drug-likeness (QED) is 0.590. The average Bonchev–Trinajstić information content (AvgIpc) is 2.50. The van der Waals surface area contributed by atoms with E-state index in [0.29, 0.717) is 0 Å². The van der Waals surface area contributed by atoms with Crippen LogP contribution in [0.15, 0.2) is 30.5 Å². The van der Waals surface area contributed by atoms with Crippen LogP contribution in [0.1, 0.15) is 0 Å². The Morgan fingerprint density at radius 1 is 1.27 bits per heavy atom. The maximum Gasteiger partial charge on any atom is 0.0705 e. The summed E-state index contributed by atoms with van der Waals surface area (Å²) in [5, 5.41) is 3.76. The summed E-state index contributed by atoms with van der Waals surface area (Å²) in [6.45, 7) is 0. The molecule has 0 aliphatic rings. The minimum Gasteiger partial charge on any atom is -0.377 e. The second kappa shape index (κ2) is 2.31. The lowest BCUT2D eigenvalue weighted by molar-refractivity contribution is 1.48. The molecule has 0 atom stereocenters. The number of H-pyrrole nitrogens is 1. The standard InChI is InChI=1S/C9H8N2/c1-10-8-3-2-4-9-7(8)5-6-11-9/h1-6,10-11H. The highest BCUT2D eigenvalue weighted by atomic mass is 14.8. The van der Waals surface area contributed by atoms with Crippen LogP contribution in [-0.2, 0) is 0 Å². The Morgan fingerprint density at radius 2 is 2.18 bits per heavy atom. The van der Waals surface area contributed by atoms with Crippen molar-refractivity contribution in [1.82, 2.24) is 4.98 Å². The van der Waals surface area contributed by atoms with Gasteiger partial charge in [-0.05, 0) is 18.2 Å². The first-order chi connectivity index (χ1) is 5.42. The van der Waals surface area contributed by atoms with Crippen molar-refractivity contribution in [2.24, 2.45) is 0 Å². The summed E-state index contributed by atoms with van der Waals surface area (Å²) in [4.78, 5) is 3.10. The highest BCUT2D eigenvalue weighted by Gasteiger charge is 1.96. The van der Waals surface area contributed by atoms with Gasteiger partial charge in [0.1, 0.15) is 0 Å². The zero-order valence-corrected chi connectivity index (χ0v) is 5.96. The Kier molecular flexibility index (Phi) is 1.32. The van der Waals surface area contributed by atoms with E-state index in [0.717, 1.165) is 16.6 Å². The van der Waals surface area contributed by atoms with Gasteiger partial charge in [0, 0.05) is 22.8 Å². The molecule has 0 spiro atoms. The van der Waals surface area contributed by atoms with Gasteiger partial charge in [0.25, 0.3) is 0 Å². The van der Waals surface area contributed by atoms with Crippen molar-refractivity contribution in [3.05, 3.63) is 37.5 Å². The molecule has 0 bridgehead atoms. The number of benzene rings is 1. The van der Waals surface area contributed by atoms with Crippen molar-refractivity contribution >= 4 is 16.6 Å². The first kappa shape index (κ1) is 6.28. The van der Waals surface area contributed by atoms with Gasteiger partial charge in [-0.25, -0.2) is 0 Å². The summed E-state index contributed by atoms with van der Waals surface area (Å²) < 4.78 is 0. The van der Waals surface area contributed by atoms with Crippen LogP contribution in [0.3, 0.4) is 0 Å². The number of hydrogen-bond donors (Lipinski definition) is 2. The monoisotopic (exact) mass is 144 g/mol. The molecule has 0 aliphatic carbocycles. The SMILES string of the molecule is [CH]Nc1cccc2[nH]ccc12. The molecule has 54 valence electrons. The van der Waals surface area contributed by atoms with Crippen LogP contribution in [-0.4, -0.2) is 4.98 Å². The van der Waals surface area contributed by atoms with Crippen molar-refractivity contribution < 1.29 is 0 Å². The van der Waals surface area contributed by atoms with E-state index in [1.807, 2.05) is 30.5 Å². The summed E-state index contributed by atoms with van der Waals surface area (Å²) in [6.07, 6.45) is 1.89. The normalized spacial score (nSPS) is 10.3. The van der Waals surface area contributed by atoms with E-state index in [2.05, 4.69) is 10.3 Å². The molecule has 11 heavy (non-hydrogen) atoms. The van der Waals surface area contributed by atoms with Gasteiger partial charge >= 0.3 is 0 Å². The van der Waals surface area contributed by atoms with Gasteiger partial charge in [0.2, 0.25) is 0 Å². The van der Waals surface area contributed by atoms with Crippen LogP contribution in [0.25, 0.3) is 10.9 Å². The Labute approximate surface area is 65.2 Å². The Hall–Kier alpha value is -1.44. The minimum absolute atomic E-state index is 0.948. The third-order valence-corrected chi connectivity index (χ3v) is 1.75. The number of aromatic amines is 1. The van der Waals surface area contributed by atoms with E-state index in [1.165, 1.54) is 0 Å². The molecule has 2 N–H and O–H groups in total. The predicted octanol–water partition coefficient (Wildman–Crippen LogP) is 2.25. The molecule has 0 saturated heterocycles. The predicted molar refractivity (Wildman–Crippen MR) is 46.2 cm³/mol. The third kappa shape index (κ3) is 0.871. The fraction of sp³-hybridized carbons (Fsp3) is 0. The molecule has 2 rings (SSSR count). The summed E-state index contributed by atoms with van der Waals surface area (Å²) in [5.74, 6) is 0. The molecule has 0 saturated carbocycles. The number of anilines is 1. The molecule has 0 aliphatic heterocycles. The molecule has 0 amide bonds. The smallest absolute Gasteiger partial charge is 0.0705 e. The first-order valence-electron chi connectivity index (χ1n) is 3.44. The van der Waals surface area contributed by atoms with Crippen LogP contribution >= 0.6 is 0 Å². The van der Waals surface area contributed by atoms with E-state index in [9.17, 15) is 0 Å². The molecular formula is C9H8N2. The third-order valence-electron chi connectivity index (χ3n) is 1.75. The maximum absolute atomic E-state index is 5.31. The van der Waals surface area contributed by atoms with Gasteiger partial charge in [0.15, 0.2) is 0 Å². The molecular weight excluding hydrogens is 136 g/mol. The Morgan fingerprint density at radius 3 is 3.00 bits per heavy atom. The fourth-order valence-electron chi connectivity index (χ4n) is 1.21. The minimum atomic E-state index is 0.948. The molecule has 1 aromatic heterocycles. The van der Waals surface area contributed by atoms with Crippen LogP contribution < -0.4 is 5.32 Å². The van der Waals surface area contributed by atoms with Crippen molar-refractivity contribution in [2.75, 3.05) is 5.32 Å². The number of rotatable bonds is 1. The molecule has 2 heteroatoms. The van der Waals surface area contributed by atoms with Crippen LogP contribution in [0.4, 0.5) is 5.69 Å². The van der Waals surface area contributed by atoms with E-state index in [-0.39, 0.29) is 0 Å². The molecule has 2 radical (unpaired) electrons. The number of aromatic nitrogens is 1. The first-order valence-corrected chi connectivity index (χ1v) is 3.44. The number of nitrogens with one attached hydrogen (secondary N) is 2. The molecule has 0 unspecified atom stereocenters. The van der Waals surface area contributed by atoms with Gasteiger partial charge < -0.3 is 10.3 Å². The van der Waals surface area contributed by atoms with Gasteiger partial charge in [-0.1, -0.05) is 6.07 Å². The van der Waals surface area contributed by atoms with Crippen LogP contribution in [0.2, 0.25) is 0 Å². The van der Waals surface area contributed by atoms with Gasteiger partial charge in [-0.15, -0.1) is 0 Å². The number of fused-ring (bicyclic) bond motifs is 1. The average molecular weight is 144 g/mol. The highest BCUT2D eigenvalue weighted by Crippen LogP contribution is 2.21. The zero-order valence-electron chi connectivity index (χ0n) is 5.96. The van der Waals surface area contributed by atoms with E-state index in [4.69, 9.17) is 7.05 Å². The highest BCUT2D eigenvalue weighted by molar-refractivity contribution is 5.91. The molecule has 1 aromatic carbocycles. The summed E-state index contributed by atoms with van der Waals surface area (Å²) in [6, 6.07) is 7.89. The van der Waals surface area contributed by atoms with Crippen molar-refractivity contribution in [1.29, 1.82) is 0 Å². The topological polar surface area (TPSA) is 27.8 Å². The van der Waals surface area contributed by atoms with Crippen molar-refractivity contribution in [3.63, 3.8) is 0 Å². The van der Waals surface area contributed by atoms with Crippen LogP contribution in [0, 0.1) is 7.05 Å². The van der Waals surface area contributed by atoms with Crippen LogP contribution in [0.5, 0.6) is 0 Å². The summed E-state index contributed by atoms with van der Waals surface area (Å²) in [7, 11) is 5.31. The lowest BCUT2D eigenvalue weighted by atomic mass is 10.2. The van der Waals surface area contributed by atoms with Gasteiger partial charge in [-0.3, -0.25) is 0 Å². The Bertz CT molecular complexity index is 362. The largest absolute Gasteiger partial charge is 0.377 e. The van der Waals surface area contributed by atoms with Crippen molar-refractivity contribution in [3.8, 4) is 0 Å². The van der Waals surface area contributed by atoms with E-state index < -0.39 is 0 Å². The van der Waals surface area contributed by atoms with E-state index >= 15 is 0 Å². The lowest BCUT2D eigenvalue weighted by Crippen LogP contribution is -1.83. The second-order valence-corrected chi connectivity index (χ2v) is 2.39. The number of hydrogen-bond acceptors (Lipinski definition) is 1. The Balaban J connectivity index is 2.79. The fourth-order valence-corrected chi connectivity index (χ4v) is 1.21.